The van der Waals surface area contributed by atoms with Gasteiger partial charge in [-0.2, -0.15) is 0 Å². The third kappa shape index (κ3) is 15.8. The van der Waals surface area contributed by atoms with E-state index in [0.717, 1.165) is 0 Å². The largest absolute Gasteiger partial charge is 0.469 e. The van der Waals surface area contributed by atoms with Crippen molar-refractivity contribution in [3.8, 4) is 0 Å². The van der Waals surface area contributed by atoms with Crippen LogP contribution in [0.1, 0.15) is 29.2 Å². The standard InChI is InChI=1S/C6H11O6P.3CH4/c1-5(2)6(7)11-3-4-12-13(8,9)10;;;/h1,3-4H2,2H3,(H2,8,9,10);3*1H4. The molecule has 0 saturated carbocycles. The number of carbonyl (C=O) groups excluding carboxylic acids is 1. The van der Waals surface area contributed by atoms with E-state index in [4.69, 9.17) is 9.79 Å². The van der Waals surface area contributed by atoms with Gasteiger partial charge in [0.2, 0.25) is 0 Å². The molecule has 0 aromatic heterocycles. The van der Waals surface area contributed by atoms with Crippen LogP contribution in [0.4, 0.5) is 0 Å². The van der Waals surface area contributed by atoms with E-state index in [1.54, 1.807) is 0 Å². The molecule has 0 atom stereocenters. The molecule has 100 valence electrons. The number of carbonyl (C=O) groups is 1. The first-order chi connectivity index (χ1) is 5.83. The smallest absolute Gasteiger partial charge is 0.460 e. The number of rotatable bonds is 5. The van der Waals surface area contributed by atoms with Gasteiger partial charge in [0, 0.05) is 5.57 Å². The highest BCUT2D eigenvalue weighted by atomic mass is 31.2. The van der Waals surface area contributed by atoms with Gasteiger partial charge < -0.3 is 14.5 Å². The van der Waals surface area contributed by atoms with Crippen molar-refractivity contribution in [3.63, 3.8) is 0 Å². The Balaban J connectivity index is -0.000000240. The van der Waals surface area contributed by atoms with Gasteiger partial charge >= 0.3 is 13.8 Å². The SMILES string of the molecule is C.C.C.C=C(C)C(=O)OCCOP(=O)(O)O. The number of ether oxygens (including phenoxy) is 1. The minimum Gasteiger partial charge on any atom is -0.460 e. The summed E-state index contributed by atoms with van der Waals surface area (Å²) in [5, 5.41) is 0. The minimum absolute atomic E-state index is 0. The molecule has 0 unspecified atom stereocenters. The van der Waals surface area contributed by atoms with Crippen molar-refractivity contribution in [2.75, 3.05) is 13.2 Å². The highest BCUT2D eigenvalue weighted by Crippen LogP contribution is 2.35. The van der Waals surface area contributed by atoms with E-state index >= 15 is 0 Å². The Morgan fingerprint density at radius 1 is 1.25 bits per heavy atom. The van der Waals surface area contributed by atoms with Gasteiger partial charge in [0.1, 0.15) is 6.61 Å². The molecule has 0 aliphatic rings. The Morgan fingerprint density at radius 3 is 2.00 bits per heavy atom. The van der Waals surface area contributed by atoms with Gasteiger partial charge in [0.05, 0.1) is 6.61 Å². The summed E-state index contributed by atoms with van der Waals surface area (Å²) in [5.41, 5.74) is 0.219. The first-order valence-corrected chi connectivity index (χ1v) is 4.88. The summed E-state index contributed by atoms with van der Waals surface area (Å²) < 4.78 is 18.6. The predicted octanol–water partition coefficient (Wildman–Crippen LogP) is 2.12. The van der Waals surface area contributed by atoms with Crippen LogP contribution in [0.25, 0.3) is 0 Å². The lowest BCUT2D eigenvalue weighted by molar-refractivity contribution is -0.139. The summed E-state index contributed by atoms with van der Waals surface area (Å²) in [6, 6.07) is 0. The zero-order chi connectivity index (χ0) is 10.5. The van der Waals surface area contributed by atoms with Crippen LogP contribution in [0.2, 0.25) is 0 Å². The van der Waals surface area contributed by atoms with Crippen LogP contribution in [-0.4, -0.2) is 29.0 Å². The lowest BCUT2D eigenvalue weighted by Gasteiger charge is -2.05. The van der Waals surface area contributed by atoms with Crippen molar-refractivity contribution in [2.24, 2.45) is 0 Å². The molecule has 0 aromatic carbocycles. The first kappa shape index (κ1) is 24.5. The summed E-state index contributed by atoms with van der Waals surface area (Å²) in [6.07, 6.45) is 0. The van der Waals surface area contributed by atoms with Gasteiger partial charge in [-0.15, -0.1) is 0 Å². The average Bonchev–Trinajstić information content (AvgIpc) is 1.95. The molecule has 0 spiro atoms. The zero-order valence-electron chi connectivity index (χ0n) is 7.10. The van der Waals surface area contributed by atoms with E-state index in [-0.39, 0.29) is 41.1 Å². The fourth-order valence-corrected chi connectivity index (χ4v) is 0.726. The van der Waals surface area contributed by atoms with Crippen LogP contribution in [-0.2, 0) is 18.6 Å². The first-order valence-electron chi connectivity index (χ1n) is 3.35. The van der Waals surface area contributed by atoms with E-state index in [9.17, 15) is 9.36 Å². The van der Waals surface area contributed by atoms with E-state index in [1.165, 1.54) is 6.92 Å². The average molecular weight is 258 g/mol. The zero-order valence-corrected chi connectivity index (χ0v) is 7.99. The fraction of sp³-hybridized carbons (Fsp3) is 0.667. The monoisotopic (exact) mass is 258 g/mol. The van der Waals surface area contributed by atoms with Crippen molar-refractivity contribution in [1.82, 2.24) is 0 Å². The Kier molecular flexibility index (Phi) is 16.6. The minimum atomic E-state index is -4.46. The second kappa shape index (κ2) is 10.8. The van der Waals surface area contributed by atoms with Crippen LogP contribution in [0, 0.1) is 0 Å². The maximum Gasteiger partial charge on any atom is 0.469 e. The molecule has 0 aromatic rings. The molecule has 16 heavy (non-hydrogen) atoms. The molecule has 0 bridgehead atoms. The topological polar surface area (TPSA) is 93.1 Å². The third-order valence-electron chi connectivity index (χ3n) is 0.924. The molecule has 0 radical (unpaired) electrons. The number of hydrogen-bond donors (Lipinski definition) is 2. The van der Waals surface area contributed by atoms with Crippen LogP contribution in [0.3, 0.4) is 0 Å². The normalized spacial score (nSPS) is 8.94. The number of phosphoric acid groups is 1. The van der Waals surface area contributed by atoms with Gasteiger partial charge in [0.15, 0.2) is 0 Å². The van der Waals surface area contributed by atoms with Crippen molar-refractivity contribution < 1.29 is 28.4 Å². The molecule has 0 rings (SSSR count). The highest BCUT2D eigenvalue weighted by Gasteiger charge is 2.13. The molecular formula is C9H23O6P. The molecule has 0 aliphatic carbocycles. The van der Waals surface area contributed by atoms with E-state index in [2.05, 4.69) is 15.8 Å². The Bertz CT molecular complexity index is 244. The van der Waals surface area contributed by atoms with Crippen molar-refractivity contribution in [3.05, 3.63) is 12.2 Å². The molecule has 0 amide bonds. The molecule has 2 N–H and O–H groups in total. The molecule has 0 aliphatic heterocycles. The van der Waals surface area contributed by atoms with Gasteiger partial charge in [-0.1, -0.05) is 28.9 Å². The highest BCUT2D eigenvalue weighted by molar-refractivity contribution is 7.46. The Labute approximate surface area is 97.5 Å². The summed E-state index contributed by atoms with van der Waals surface area (Å²) in [5.74, 6) is -0.616. The number of phosphoric ester groups is 1. The summed E-state index contributed by atoms with van der Waals surface area (Å²) >= 11 is 0. The Morgan fingerprint density at radius 2 is 1.69 bits per heavy atom. The molecule has 0 saturated heterocycles. The van der Waals surface area contributed by atoms with Crippen LogP contribution < -0.4 is 0 Å². The summed E-state index contributed by atoms with van der Waals surface area (Å²) in [6.45, 7) is 4.22. The van der Waals surface area contributed by atoms with E-state index in [0.29, 0.717) is 0 Å². The molecule has 6 nitrogen and oxygen atoms in total. The second-order valence-corrected chi connectivity index (χ2v) is 3.48. The maximum atomic E-state index is 10.7. The maximum absolute atomic E-state index is 10.7. The predicted molar refractivity (Wildman–Crippen MR) is 64.0 cm³/mol. The molecular weight excluding hydrogens is 235 g/mol. The third-order valence-corrected chi connectivity index (χ3v) is 1.44. The Hall–Kier alpha value is -0.680. The second-order valence-electron chi connectivity index (χ2n) is 2.24. The van der Waals surface area contributed by atoms with E-state index in [1.807, 2.05) is 0 Å². The van der Waals surface area contributed by atoms with Crippen LogP contribution >= 0.6 is 7.82 Å². The van der Waals surface area contributed by atoms with Crippen molar-refractivity contribution in [2.45, 2.75) is 29.2 Å². The quantitative estimate of drug-likeness (QED) is 0.339. The number of hydrogen-bond acceptors (Lipinski definition) is 4. The van der Waals surface area contributed by atoms with Gasteiger partial charge in [-0.25, -0.2) is 9.36 Å². The van der Waals surface area contributed by atoms with Crippen molar-refractivity contribution >= 4 is 13.8 Å². The van der Waals surface area contributed by atoms with Crippen molar-refractivity contribution in [1.29, 1.82) is 0 Å². The van der Waals surface area contributed by atoms with Gasteiger partial charge in [-0.3, -0.25) is 4.52 Å². The fourth-order valence-electron chi connectivity index (χ4n) is 0.414. The molecule has 0 heterocycles. The summed E-state index contributed by atoms with van der Waals surface area (Å²) in [7, 11) is -4.46. The lowest BCUT2D eigenvalue weighted by atomic mass is 10.4. The van der Waals surface area contributed by atoms with Gasteiger partial charge in [-0.05, 0) is 6.92 Å². The van der Waals surface area contributed by atoms with Crippen LogP contribution in [0.5, 0.6) is 0 Å². The summed E-state index contributed by atoms with van der Waals surface area (Å²) in [4.78, 5) is 27.1. The molecule has 0 fully saturated rings. The number of esters is 1. The lowest BCUT2D eigenvalue weighted by Crippen LogP contribution is -2.10. The van der Waals surface area contributed by atoms with E-state index < -0.39 is 13.8 Å². The van der Waals surface area contributed by atoms with Gasteiger partial charge in [0.25, 0.3) is 0 Å². The molecule has 7 heteroatoms. The van der Waals surface area contributed by atoms with Crippen LogP contribution in [0.15, 0.2) is 12.2 Å².